The van der Waals surface area contributed by atoms with E-state index in [-0.39, 0.29) is 23.9 Å². The average molecular weight is 331 g/mol. The van der Waals surface area contributed by atoms with E-state index in [0.29, 0.717) is 31.1 Å². The highest BCUT2D eigenvalue weighted by atomic mass is 35.5. The Labute approximate surface area is 139 Å². The lowest BCUT2D eigenvalue weighted by Gasteiger charge is -2.31. The minimum Gasteiger partial charge on any atom is -0.491 e. The molecule has 0 heterocycles. The minimum atomic E-state index is -0.343. The number of carbonyl (C=O) groups excluding carboxylic acids is 1. The van der Waals surface area contributed by atoms with E-state index in [4.69, 9.17) is 15.2 Å². The van der Waals surface area contributed by atoms with Crippen molar-refractivity contribution in [3.05, 3.63) is 29.8 Å². The monoisotopic (exact) mass is 330 g/mol. The molecule has 0 radical (unpaired) electrons. The molecule has 0 spiro atoms. The summed E-state index contributed by atoms with van der Waals surface area (Å²) < 4.78 is 10.4. The molecule has 0 saturated carbocycles. The van der Waals surface area contributed by atoms with Gasteiger partial charge in [-0.15, -0.1) is 12.4 Å². The number of rotatable bonds is 9. The molecule has 0 atom stereocenters. The van der Waals surface area contributed by atoms with Crippen molar-refractivity contribution >= 4 is 18.3 Å². The second-order valence-corrected chi connectivity index (χ2v) is 5.01. The van der Waals surface area contributed by atoms with E-state index in [0.717, 1.165) is 12.8 Å². The van der Waals surface area contributed by atoms with Gasteiger partial charge in [0.1, 0.15) is 12.4 Å². The standard InChI is InChI=1S/C16H26N2O3.ClH/c1-4-16(5-2,12-17)18-15(19)13-7-6-8-14(11-13)21-10-9-20-3;/h6-8,11H,4-5,9-10,12,17H2,1-3H3,(H,18,19);1H. The lowest BCUT2D eigenvalue weighted by atomic mass is 9.92. The van der Waals surface area contributed by atoms with Gasteiger partial charge in [0.2, 0.25) is 0 Å². The van der Waals surface area contributed by atoms with Gasteiger partial charge in [0.15, 0.2) is 0 Å². The highest BCUT2D eigenvalue weighted by Crippen LogP contribution is 2.17. The van der Waals surface area contributed by atoms with Gasteiger partial charge < -0.3 is 20.5 Å². The van der Waals surface area contributed by atoms with E-state index in [1.54, 1.807) is 25.3 Å². The van der Waals surface area contributed by atoms with Gasteiger partial charge in [0.05, 0.1) is 12.1 Å². The fourth-order valence-electron chi connectivity index (χ4n) is 2.05. The molecular formula is C16H27ClN2O3. The number of ether oxygens (including phenoxy) is 2. The Morgan fingerprint density at radius 1 is 1.27 bits per heavy atom. The molecule has 0 saturated heterocycles. The van der Waals surface area contributed by atoms with E-state index in [1.165, 1.54) is 0 Å². The highest BCUT2D eigenvalue weighted by molar-refractivity contribution is 5.95. The number of nitrogens with two attached hydrogens (primary N) is 1. The molecule has 0 bridgehead atoms. The largest absolute Gasteiger partial charge is 0.491 e. The molecule has 1 aromatic carbocycles. The Kier molecular flexibility index (Phi) is 9.81. The van der Waals surface area contributed by atoms with Crippen LogP contribution in [-0.4, -0.2) is 38.3 Å². The molecule has 1 rings (SSSR count). The summed E-state index contributed by atoms with van der Waals surface area (Å²) >= 11 is 0. The third-order valence-electron chi connectivity index (χ3n) is 3.78. The predicted molar refractivity (Wildman–Crippen MR) is 90.9 cm³/mol. The Balaban J connectivity index is 0.00000441. The van der Waals surface area contributed by atoms with Crippen LogP contribution in [0.15, 0.2) is 24.3 Å². The maximum Gasteiger partial charge on any atom is 0.251 e. The zero-order valence-electron chi connectivity index (χ0n) is 13.6. The number of hydrogen-bond acceptors (Lipinski definition) is 4. The first-order valence-electron chi connectivity index (χ1n) is 7.35. The molecule has 0 aliphatic carbocycles. The number of nitrogens with one attached hydrogen (secondary N) is 1. The van der Waals surface area contributed by atoms with Crippen LogP contribution in [0.25, 0.3) is 0 Å². The van der Waals surface area contributed by atoms with Crippen molar-refractivity contribution in [2.45, 2.75) is 32.2 Å². The van der Waals surface area contributed by atoms with E-state index in [2.05, 4.69) is 5.32 Å². The van der Waals surface area contributed by atoms with Crippen molar-refractivity contribution in [2.75, 3.05) is 26.9 Å². The SMILES string of the molecule is CCC(CC)(CN)NC(=O)c1cccc(OCCOC)c1.Cl. The number of benzene rings is 1. The summed E-state index contributed by atoms with van der Waals surface area (Å²) in [5.41, 5.74) is 6.04. The summed E-state index contributed by atoms with van der Waals surface area (Å²) in [6, 6.07) is 7.13. The lowest BCUT2D eigenvalue weighted by Crippen LogP contribution is -2.52. The van der Waals surface area contributed by atoms with Gasteiger partial charge in [-0.1, -0.05) is 19.9 Å². The first-order valence-corrected chi connectivity index (χ1v) is 7.35. The Hall–Kier alpha value is -1.30. The Morgan fingerprint density at radius 3 is 2.50 bits per heavy atom. The predicted octanol–water partition coefficient (Wildman–Crippen LogP) is 2.38. The Morgan fingerprint density at radius 2 is 1.95 bits per heavy atom. The molecule has 0 unspecified atom stereocenters. The number of halogens is 1. The van der Waals surface area contributed by atoms with Crippen molar-refractivity contribution in [1.82, 2.24) is 5.32 Å². The van der Waals surface area contributed by atoms with E-state index in [1.807, 2.05) is 19.9 Å². The Bertz CT molecular complexity index is 443. The van der Waals surface area contributed by atoms with Gasteiger partial charge in [-0.2, -0.15) is 0 Å². The van der Waals surface area contributed by atoms with Gasteiger partial charge in [-0.3, -0.25) is 4.79 Å². The van der Waals surface area contributed by atoms with Gasteiger partial charge in [-0.25, -0.2) is 0 Å². The summed E-state index contributed by atoms with van der Waals surface area (Å²) in [5, 5.41) is 3.05. The van der Waals surface area contributed by atoms with Gasteiger partial charge in [0, 0.05) is 19.2 Å². The summed E-state index contributed by atoms with van der Waals surface area (Å²) in [4.78, 5) is 12.4. The number of methoxy groups -OCH3 is 1. The van der Waals surface area contributed by atoms with Crippen LogP contribution in [0.5, 0.6) is 5.75 Å². The number of carbonyl (C=O) groups is 1. The zero-order chi connectivity index (χ0) is 15.7. The maximum atomic E-state index is 12.4. The first kappa shape index (κ1) is 20.7. The fourth-order valence-corrected chi connectivity index (χ4v) is 2.05. The van der Waals surface area contributed by atoms with Crippen LogP contribution in [0.1, 0.15) is 37.0 Å². The third-order valence-corrected chi connectivity index (χ3v) is 3.78. The van der Waals surface area contributed by atoms with Gasteiger partial charge in [-0.05, 0) is 31.0 Å². The fraction of sp³-hybridized carbons (Fsp3) is 0.562. The lowest BCUT2D eigenvalue weighted by molar-refractivity contribution is 0.0894. The molecule has 0 aromatic heterocycles. The van der Waals surface area contributed by atoms with Gasteiger partial charge >= 0.3 is 0 Å². The molecule has 3 N–H and O–H groups in total. The van der Waals surface area contributed by atoms with Crippen LogP contribution in [-0.2, 0) is 4.74 Å². The van der Waals surface area contributed by atoms with Crippen LogP contribution < -0.4 is 15.8 Å². The molecule has 0 aliphatic rings. The molecule has 0 fully saturated rings. The van der Waals surface area contributed by atoms with E-state index in [9.17, 15) is 4.79 Å². The van der Waals surface area contributed by atoms with Crippen molar-refractivity contribution < 1.29 is 14.3 Å². The second kappa shape index (κ2) is 10.4. The topological polar surface area (TPSA) is 73.6 Å². The van der Waals surface area contributed by atoms with Crippen LogP contribution in [0.3, 0.4) is 0 Å². The molecular weight excluding hydrogens is 304 g/mol. The quantitative estimate of drug-likeness (QED) is 0.682. The zero-order valence-corrected chi connectivity index (χ0v) is 14.4. The smallest absolute Gasteiger partial charge is 0.251 e. The van der Waals surface area contributed by atoms with Crippen molar-refractivity contribution in [1.29, 1.82) is 0 Å². The molecule has 126 valence electrons. The van der Waals surface area contributed by atoms with Crippen LogP contribution in [0, 0.1) is 0 Å². The molecule has 22 heavy (non-hydrogen) atoms. The van der Waals surface area contributed by atoms with Gasteiger partial charge in [0.25, 0.3) is 5.91 Å². The van der Waals surface area contributed by atoms with E-state index >= 15 is 0 Å². The third kappa shape index (κ3) is 5.83. The van der Waals surface area contributed by atoms with Crippen molar-refractivity contribution in [2.24, 2.45) is 5.73 Å². The summed E-state index contributed by atoms with van der Waals surface area (Å²) in [7, 11) is 1.62. The first-order chi connectivity index (χ1) is 10.1. The number of hydrogen-bond donors (Lipinski definition) is 2. The van der Waals surface area contributed by atoms with Crippen molar-refractivity contribution in [3.63, 3.8) is 0 Å². The van der Waals surface area contributed by atoms with Crippen LogP contribution in [0.4, 0.5) is 0 Å². The van der Waals surface area contributed by atoms with Crippen molar-refractivity contribution in [3.8, 4) is 5.75 Å². The number of amides is 1. The summed E-state index contributed by atoms with van der Waals surface area (Å²) in [6.07, 6.45) is 1.60. The highest BCUT2D eigenvalue weighted by Gasteiger charge is 2.26. The second-order valence-electron chi connectivity index (χ2n) is 5.01. The van der Waals surface area contributed by atoms with Crippen LogP contribution >= 0.6 is 12.4 Å². The minimum absolute atomic E-state index is 0. The summed E-state index contributed by atoms with van der Waals surface area (Å²) in [6.45, 7) is 5.45. The average Bonchev–Trinajstić information content (AvgIpc) is 2.53. The van der Waals surface area contributed by atoms with E-state index < -0.39 is 0 Å². The normalized spacial score (nSPS) is 10.7. The molecule has 6 heteroatoms. The molecule has 0 aliphatic heterocycles. The molecule has 5 nitrogen and oxygen atoms in total. The summed E-state index contributed by atoms with van der Waals surface area (Å²) in [5.74, 6) is 0.535. The molecule has 1 amide bonds. The van der Waals surface area contributed by atoms with Crippen LogP contribution in [0.2, 0.25) is 0 Å². The molecule has 1 aromatic rings. The maximum absolute atomic E-state index is 12.4.